The lowest BCUT2D eigenvalue weighted by molar-refractivity contribution is 0.520. The van der Waals surface area contributed by atoms with Crippen LogP contribution in [-0.2, 0) is 0 Å². The molecule has 0 radical (unpaired) electrons. The van der Waals surface area contributed by atoms with Crippen molar-refractivity contribution in [2.24, 2.45) is 0 Å². The lowest BCUT2D eigenvalue weighted by Gasteiger charge is -2.06. The highest BCUT2D eigenvalue weighted by molar-refractivity contribution is 8.34. The van der Waals surface area contributed by atoms with Crippen LogP contribution in [0.2, 0.25) is 0 Å². The number of hydrogen-bond acceptors (Lipinski definition) is 2. The minimum Gasteiger partial charge on any atom is -0.435 e. The van der Waals surface area contributed by atoms with Crippen LogP contribution < -0.4 is 19.7 Å². The molecule has 0 atom stereocenters. The molecule has 0 fully saturated rings. The van der Waals surface area contributed by atoms with E-state index in [4.69, 9.17) is 9.05 Å². The molecule has 4 rings (SSSR count). The van der Waals surface area contributed by atoms with Crippen molar-refractivity contribution < 1.29 is 9.05 Å². The molecule has 2 aliphatic heterocycles. The van der Waals surface area contributed by atoms with Gasteiger partial charge in [0.25, 0.3) is 0 Å². The Bertz CT molecular complexity index is 599. The summed E-state index contributed by atoms with van der Waals surface area (Å²) in [5, 5.41) is 2.70. The number of fused-ring (bicyclic) bond motifs is 5. The van der Waals surface area contributed by atoms with Crippen LogP contribution in [0.15, 0.2) is 36.4 Å². The topological polar surface area (TPSA) is 18.5 Å². The summed E-state index contributed by atoms with van der Waals surface area (Å²) in [6, 6.07) is 12.9. The van der Waals surface area contributed by atoms with Crippen LogP contribution in [0.25, 0.3) is 0 Å². The molecule has 2 aromatic rings. The molecule has 4 heteroatoms. The van der Waals surface area contributed by atoms with Gasteiger partial charge in [-0.15, -0.1) is 0 Å². The molecule has 0 amide bonds. The zero-order valence-electron chi connectivity index (χ0n) is 10.2. The van der Waals surface area contributed by atoms with Crippen molar-refractivity contribution in [1.29, 1.82) is 0 Å². The first-order chi connectivity index (χ1) is 8.72. The standard InChI is InChI=1S/C14H12O2P2/c1-9-3-5-11-13(7-9)17-14-8-10(2)4-6-12(14)16-18(17)15-11/h3-8H,1-2H3. The molecule has 18 heavy (non-hydrogen) atoms. The van der Waals surface area contributed by atoms with E-state index < -0.39 is 15.7 Å². The molecule has 0 bridgehead atoms. The van der Waals surface area contributed by atoms with Crippen LogP contribution >= 0.6 is 15.7 Å². The highest BCUT2D eigenvalue weighted by Gasteiger charge is 2.45. The van der Waals surface area contributed by atoms with E-state index in [0.29, 0.717) is 0 Å². The molecule has 0 spiro atoms. The molecule has 0 aromatic heterocycles. The summed E-state index contributed by atoms with van der Waals surface area (Å²) in [4.78, 5) is 0. The normalized spacial score (nSPS) is 22.8. The van der Waals surface area contributed by atoms with Crippen molar-refractivity contribution in [3.05, 3.63) is 47.5 Å². The molecule has 2 aliphatic rings. The van der Waals surface area contributed by atoms with Gasteiger partial charge < -0.3 is 9.05 Å². The maximum atomic E-state index is 5.98. The van der Waals surface area contributed by atoms with Crippen LogP contribution in [0.5, 0.6) is 11.5 Å². The smallest absolute Gasteiger partial charge is 0.324 e. The Hall–Kier alpha value is -1.10. The number of hydrogen-bond donors (Lipinski definition) is 0. The zero-order valence-corrected chi connectivity index (χ0v) is 12.0. The quantitative estimate of drug-likeness (QED) is 0.681. The first kappa shape index (κ1) is 10.8. The summed E-state index contributed by atoms with van der Waals surface area (Å²) in [5.74, 6) is 2.04. The maximum Gasteiger partial charge on any atom is 0.324 e. The lowest BCUT2D eigenvalue weighted by atomic mass is 10.2. The Labute approximate surface area is 109 Å². The van der Waals surface area contributed by atoms with Crippen molar-refractivity contribution in [2.45, 2.75) is 13.8 Å². The molecule has 0 aliphatic carbocycles. The summed E-state index contributed by atoms with van der Waals surface area (Å²) in [6.07, 6.45) is 0. The Kier molecular flexibility index (Phi) is 2.22. The summed E-state index contributed by atoms with van der Waals surface area (Å²) in [7, 11) is -1.24. The Balaban J connectivity index is 1.91. The van der Waals surface area contributed by atoms with Crippen molar-refractivity contribution in [2.75, 3.05) is 0 Å². The fraction of sp³-hybridized carbons (Fsp3) is 0.143. The summed E-state index contributed by atoms with van der Waals surface area (Å²) < 4.78 is 12.0. The van der Waals surface area contributed by atoms with E-state index >= 15 is 0 Å². The first-order valence-corrected chi connectivity index (χ1v) is 9.12. The largest absolute Gasteiger partial charge is 0.435 e. The Morgan fingerprint density at radius 1 is 0.778 bits per heavy atom. The number of benzene rings is 2. The van der Waals surface area contributed by atoms with Gasteiger partial charge in [0.2, 0.25) is 0 Å². The minimum absolute atomic E-state index is 0.437. The van der Waals surface area contributed by atoms with Crippen molar-refractivity contribution in [3.63, 3.8) is 0 Å². The average Bonchev–Trinajstić information content (AvgIpc) is 2.85. The van der Waals surface area contributed by atoms with Crippen LogP contribution in [0.1, 0.15) is 11.1 Å². The fourth-order valence-electron chi connectivity index (χ4n) is 2.31. The highest BCUT2D eigenvalue weighted by Crippen LogP contribution is 2.77. The van der Waals surface area contributed by atoms with E-state index in [-0.39, 0.29) is 0 Å². The SMILES string of the molecule is Cc1ccc2c(c1)P1c3cc(C)ccc3OP1O2. The Morgan fingerprint density at radius 3 is 1.78 bits per heavy atom. The van der Waals surface area contributed by atoms with E-state index in [2.05, 4.69) is 50.2 Å². The van der Waals surface area contributed by atoms with Crippen LogP contribution in [0, 0.1) is 13.8 Å². The second-order valence-corrected chi connectivity index (χ2v) is 9.28. The van der Waals surface area contributed by atoms with Gasteiger partial charge in [-0.3, -0.25) is 0 Å². The fourth-order valence-corrected chi connectivity index (χ4v) is 8.25. The van der Waals surface area contributed by atoms with Crippen molar-refractivity contribution >= 4 is 26.3 Å². The predicted octanol–water partition coefficient (Wildman–Crippen LogP) is 3.75. The minimum atomic E-state index is -0.807. The van der Waals surface area contributed by atoms with Gasteiger partial charge in [-0.1, -0.05) is 23.3 Å². The van der Waals surface area contributed by atoms with Gasteiger partial charge in [-0.25, -0.2) is 0 Å². The third kappa shape index (κ3) is 1.43. The van der Waals surface area contributed by atoms with Gasteiger partial charge in [0.1, 0.15) is 11.5 Å². The molecule has 2 aromatic carbocycles. The van der Waals surface area contributed by atoms with Crippen LogP contribution in [-0.4, -0.2) is 0 Å². The summed E-state index contributed by atoms with van der Waals surface area (Å²) >= 11 is 0. The second kappa shape index (κ2) is 3.70. The van der Waals surface area contributed by atoms with Gasteiger partial charge in [0, 0.05) is 10.6 Å². The predicted molar refractivity (Wildman–Crippen MR) is 76.7 cm³/mol. The summed E-state index contributed by atoms with van der Waals surface area (Å²) in [6.45, 7) is 4.26. The third-order valence-corrected chi connectivity index (χ3v) is 8.61. The van der Waals surface area contributed by atoms with E-state index in [1.165, 1.54) is 21.7 Å². The molecule has 0 saturated carbocycles. The monoisotopic (exact) mass is 274 g/mol. The van der Waals surface area contributed by atoms with Gasteiger partial charge >= 0.3 is 8.06 Å². The molecule has 0 saturated heterocycles. The first-order valence-electron chi connectivity index (χ1n) is 5.90. The zero-order chi connectivity index (χ0) is 12.3. The van der Waals surface area contributed by atoms with Gasteiger partial charge in [0.05, 0.1) is 7.61 Å². The van der Waals surface area contributed by atoms with Crippen molar-refractivity contribution in [1.82, 2.24) is 0 Å². The van der Waals surface area contributed by atoms with E-state index in [1.54, 1.807) is 0 Å². The molecular weight excluding hydrogens is 262 g/mol. The van der Waals surface area contributed by atoms with Crippen LogP contribution in [0.4, 0.5) is 0 Å². The highest BCUT2D eigenvalue weighted by atomic mass is 32.1. The van der Waals surface area contributed by atoms with Gasteiger partial charge in [0.15, 0.2) is 0 Å². The maximum absolute atomic E-state index is 5.98. The lowest BCUT2D eigenvalue weighted by Crippen LogP contribution is -2.06. The second-order valence-electron chi connectivity index (χ2n) is 4.67. The number of aryl methyl sites for hydroxylation is 2. The third-order valence-electron chi connectivity index (χ3n) is 3.20. The van der Waals surface area contributed by atoms with E-state index in [9.17, 15) is 0 Å². The Morgan fingerprint density at radius 2 is 1.28 bits per heavy atom. The average molecular weight is 274 g/mol. The van der Waals surface area contributed by atoms with Gasteiger partial charge in [-0.2, -0.15) is 0 Å². The molecule has 90 valence electrons. The van der Waals surface area contributed by atoms with E-state index in [1.807, 2.05) is 0 Å². The number of rotatable bonds is 0. The molecule has 2 nitrogen and oxygen atoms in total. The van der Waals surface area contributed by atoms with E-state index in [0.717, 1.165) is 11.5 Å². The molecule has 0 unspecified atom stereocenters. The van der Waals surface area contributed by atoms with Gasteiger partial charge in [-0.05, 0) is 38.1 Å². The molecular formula is C14H12O2P2. The molecule has 0 N–H and O–H groups in total. The summed E-state index contributed by atoms with van der Waals surface area (Å²) in [5.41, 5.74) is 2.58. The van der Waals surface area contributed by atoms with Crippen LogP contribution in [0.3, 0.4) is 0 Å². The van der Waals surface area contributed by atoms with Crippen molar-refractivity contribution in [3.8, 4) is 11.5 Å². The molecule has 2 heterocycles.